The molecule has 0 aliphatic heterocycles. The van der Waals surface area contributed by atoms with Crippen LogP contribution in [0, 0.1) is 0 Å². The molecule has 45 heavy (non-hydrogen) atoms. The van der Waals surface area contributed by atoms with Crippen LogP contribution >= 0.6 is 0 Å². The van der Waals surface area contributed by atoms with Crippen molar-refractivity contribution >= 4 is 0 Å². The van der Waals surface area contributed by atoms with Gasteiger partial charge in [0.05, 0.1) is 0 Å². The minimum Gasteiger partial charge on any atom is -0.508 e. The van der Waals surface area contributed by atoms with E-state index in [4.69, 9.17) is 15.3 Å². The lowest BCUT2D eigenvalue weighted by Gasteiger charge is -2.22. The van der Waals surface area contributed by atoms with Crippen LogP contribution in [0.4, 0.5) is 0 Å². The SMILES string of the molecule is CCC(C)(C)c1ccc(O)cc1.CCC(C)c1ccc(O)cc1.CCC(C)c1cccc(O)c1.CCC(C)c1ccccc1O. The van der Waals surface area contributed by atoms with Gasteiger partial charge in [-0.25, -0.2) is 0 Å². The molecule has 0 radical (unpaired) electrons. The smallest absolute Gasteiger partial charge is 0.119 e. The molecule has 4 heteroatoms. The Bertz CT molecular complexity index is 1340. The first kappa shape index (κ1) is 39.1. The molecule has 4 aromatic rings. The molecule has 4 nitrogen and oxygen atoms in total. The molecule has 0 aromatic heterocycles. The fraction of sp³-hybridized carbons (Fsp3) is 0.415. The molecule has 246 valence electrons. The number of phenolic OH excluding ortho intramolecular Hbond substituents is 4. The molecule has 0 amide bonds. The van der Waals surface area contributed by atoms with Gasteiger partial charge in [-0.3, -0.25) is 0 Å². The minimum atomic E-state index is 0.216. The van der Waals surface area contributed by atoms with Crippen molar-refractivity contribution in [1.29, 1.82) is 0 Å². The summed E-state index contributed by atoms with van der Waals surface area (Å²) in [4.78, 5) is 0. The number of hydrogen-bond donors (Lipinski definition) is 4. The second-order valence-electron chi connectivity index (χ2n) is 12.5. The van der Waals surface area contributed by atoms with Gasteiger partial charge in [0, 0.05) is 0 Å². The molecule has 0 saturated carbocycles. The van der Waals surface area contributed by atoms with Gasteiger partial charge in [0.1, 0.15) is 23.0 Å². The quantitative estimate of drug-likeness (QED) is 0.159. The van der Waals surface area contributed by atoms with Crippen LogP contribution in [0.15, 0.2) is 97.1 Å². The van der Waals surface area contributed by atoms with Crippen LogP contribution in [-0.2, 0) is 5.41 Å². The Morgan fingerprint density at radius 2 is 1.00 bits per heavy atom. The summed E-state index contributed by atoms with van der Waals surface area (Å²) in [6, 6.07) is 29.9. The third-order valence-electron chi connectivity index (χ3n) is 8.74. The van der Waals surface area contributed by atoms with Gasteiger partial charge in [-0.15, -0.1) is 0 Å². The second kappa shape index (κ2) is 20.2. The highest BCUT2D eigenvalue weighted by atomic mass is 16.3. The Kier molecular flexibility index (Phi) is 17.5. The van der Waals surface area contributed by atoms with E-state index in [0.29, 0.717) is 40.8 Å². The zero-order chi connectivity index (χ0) is 34.0. The summed E-state index contributed by atoms with van der Waals surface area (Å²) in [5.74, 6) is 3.06. The maximum atomic E-state index is 9.41. The first-order valence-corrected chi connectivity index (χ1v) is 16.4. The van der Waals surface area contributed by atoms with Crippen LogP contribution in [0.25, 0.3) is 0 Å². The molecule has 4 N–H and O–H groups in total. The van der Waals surface area contributed by atoms with Crippen molar-refractivity contribution < 1.29 is 20.4 Å². The summed E-state index contributed by atoms with van der Waals surface area (Å²) in [6.07, 6.45) is 4.43. The first-order valence-electron chi connectivity index (χ1n) is 16.4. The average Bonchev–Trinajstić information content (AvgIpc) is 3.05. The van der Waals surface area contributed by atoms with E-state index in [1.165, 1.54) is 16.7 Å². The predicted octanol–water partition coefficient (Wildman–Crippen LogP) is 11.8. The number of benzene rings is 4. The summed E-state index contributed by atoms with van der Waals surface area (Å²) in [5, 5.41) is 36.7. The average molecular weight is 615 g/mol. The highest BCUT2D eigenvalue weighted by molar-refractivity contribution is 5.34. The molecule has 0 aliphatic carbocycles. The summed E-state index contributed by atoms with van der Waals surface area (Å²) in [7, 11) is 0. The molecule has 0 saturated heterocycles. The first-order chi connectivity index (χ1) is 21.3. The van der Waals surface area contributed by atoms with E-state index in [9.17, 15) is 5.11 Å². The molecule has 4 aromatic carbocycles. The van der Waals surface area contributed by atoms with Crippen LogP contribution in [0.1, 0.15) is 128 Å². The second-order valence-corrected chi connectivity index (χ2v) is 12.5. The Morgan fingerprint density at radius 3 is 1.47 bits per heavy atom. The van der Waals surface area contributed by atoms with Gasteiger partial charge in [0.25, 0.3) is 0 Å². The summed E-state index contributed by atoms with van der Waals surface area (Å²) in [5.41, 5.74) is 5.06. The Hall–Kier alpha value is -3.92. The van der Waals surface area contributed by atoms with Gasteiger partial charge in [-0.05, 0) is 114 Å². The Morgan fingerprint density at radius 1 is 0.511 bits per heavy atom. The monoisotopic (exact) mass is 614 g/mol. The molecule has 4 rings (SSSR count). The van der Waals surface area contributed by atoms with Crippen molar-refractivity contribution in [3.63, 3.8) is 0 Å². The number of rotatable bonds is 8. The number of hydrogen-bond acceptors (Lipinski definition) is 4. The lowest BCUT2D eigenvalue weighted by atomic mass is 9.82. The van der Waals surface area contributed by atoms with Crippen molar-refractivity contribution in [1.82, 2.24) is 0 Å². The van der Waals surface area contributed by atoms with Crippen LogP contribution in [0.5, 0.6) is 23.0 Å². The van der Waals surface area contributed by atoms with Gasteiger partial charge in [0.15, 0.2) is 0 Å². The standard InChI is InChI=1S/C11H16O.3C10H14O/c1-4-11(2,3)9-5-7-10(12)8-6-9;1-3-8(2)9-4-6-10(11)7-5-9;1-3-8(2)9-5-4-6-10(11)7-9;1-3-8(2)9-6-4-5-7-10(9)11/h5-8,12H,4H2,1-3H3;3*4-8,11H,3H2,1-2H3. The Balaban J connectivity index is 0.000000300. The molecule has 0 aliphatic rings. The minimum absolute atomic E-state index is 0.216. The lowest BCUT2D eigenvalue weighted by Crippen LogP contribution is -2.14. The molecular weight excluding hydrogens is 556 g/mol. The number of para-hydroxylation sites is 1. The van der Waals surface area contributed by atoms with Crippen molar-refractivity contribution in [2.24, 2.45) is 0 Å². The van der Waals surface area contributed by atoms with E-state index >= 15 is 0 Å². The molecule has 0 bridgehead atoms. The van der Waals surface area contributed by atoms with Gasteiger partial charge in [-0.1, -0.05) is 117 Å². The maximum Gasteiger partial charge on any atom is 0.119 e. The van der Waals surface area contributed by atoms with Crippen molar-refractivity contribution in [2.45, 2.75) is 111 Å². The molecule has 0 heterocycles. The fourth-order valence-electron chi connectivity index (χ4n) is 4.35. The normalized spacial score (nSPS) is 12.6. The zero-order valence-corrected chi connectivity index (χ0v) is 29.1. The van der Waals surface area contributed by atoms with Crippen molar-refractivity contribution in [2.75, 3.05) is 0 Å². The van der Waals surface area contributed by atoms with Crippen LogP contribution in [0.3, 0.4) is 0 Å². The third kappa shape index (κ3) is 14.2. The van der Waals surface area contributed by atoms with Gasteiger partial charge < -0.3 is 20.4 Å². The highest BCUT2D eigenvalue weighted by Crippen LogP contribution is 2.28. The van der Waals surface area contributed by atoms with E-state index in [0.717, 1.165) is 31.2 Å². The van der Waals surface area contributed by atoms with E-state index in [1.807, 2.05) is 60.7 Å². The maximum absolute atomic E-state index is 9.41. The molecular formula is C41H58O4. The van der Waals surface area contributed by atoms with Crippen LogP contribution < -0.4 is 0 Å². The summed E-state index contributed by atoms with van der Waals surface area (Å²) >= 11 is 0. The topological polar surface area (TPSA) is 80.9 Å². The number of aromatic hydroxyl groups is 4. The summed E-state index contributed by atoms with van der Waals surface area (Å²) < 4.78 is 0. The Labute approximate surface area is 273 Å². The van der Waals surface area contributed by atoms with Gasteiger partial charge >= 0.3 is 0 Å². The van der Waals surface area contributed by atoms with E-state index in [1.54, 1.807) is 36.4 Å². The van der Waals surface area contributed by atoms with E-state index < -0.39 is 0 Å². The van der Waals surface area contributed by atoms with E-state index in [-0.39, 0.29) is 5.41 Å². The fourth-order valence-corrected chi connectivity index (χ4v) is 4.35. The van der Waals surface area contributed by atoms with Crippen LogP contribution in [0.2, 0.25) is 0 Å². The highest BCUT2D eigenvalue weighted by Gasteiger charge is 2.17. The lowest BCUT2D eigenvalue weighted by molar-refractivity contribution is 0.462. The van der Waals surface area contributed by atoms with Crippen LogP contribution in [-0.4, -0.2) is 20.4 Å². The molecule has 3 unspecified atom stereocenters. The van der Waals surface area contributed by atoms with Gasteiger partial charge in [0.2, 0.25) is 0 Å². The van der Waals surface area contributed by atoms with Crippen molar-refractivity contribution in [3.8, 4) is 23.0 Å². The zero-order valence-electron chi connectivity index (χ0n) is 29.1. The van der Waals surface area contributed by atoms with Crippen molar-refractivity contribution in [3.05, 3.63) is 119 Å². The molecule has 0 spiro atoms. The molecule has 3 atom stereocenters. The van der Waals surface area contributed by atoms with E-state index in [2.05, 4.69) is 62.3 Å². The third-order valence-corrected chi connectivity index (χ3v) is 8.74. The largest absolute Gasteiger partial charge is 0.508 e. The number of phenols is 4. The predicted molar refractivity (Wildman–Crippen MR) is 192 cm³/mol. The van der Waals surface area contributed by atoms with Gasteiger partial charge in [-0.2, -0.15) is 0 Å². The summed E-state index contributed by atoms with van der Waals surface area (Å²) in [6.45, 7) is 19.5. The molecule has 0 fully saturated rings.